The predicted molar refractivity (Wildman–Crippen MR) is 81.6 cm³/mol. The Morgan fingerprint density at radius 1 is 1.20 bits per heavy atom. The van der Waals surface area contributed by atoms with E-state index in [0.717, 1.165) is 40.9 Å². The van der Waals surface area contributed by atoms with E-state index in [0.29, 0.717) is 0 Å². The van der Waals surface area contributed by atoms with Gasteiger partial charge in [-0.25, -0.2) is 4.98 Å². The van der Waals surface area contributed by atoms with E-state index in [-0.39, 0.29) is 0 Å². The molecule has 0 saturated carbocycles. The number of anilines is 2. The molecule has 3 rings (SSSR count). The molecule has 20 heavy (non-hydrogen) atoms. The van der Waals surface area contributed by atoms with E-state index in [1.807, 2.05) is 42.2 Å². The number of benzene rings is 1. The van der Waals surface area contributed by atoms with Gasteiger partial charge >= 0.3 is 0 Å². The molecule has 3 N–H and O–H groups in total. The molecule has 0 aliphatic carbocycles. The van der Waals surface area contributed by atoms with Crippen LogP contribution in [0.25, 0.3) is 10.8 Å². The lowest BCUT2D eigenvalue weighted by molar-refractivity contribution is 0.790. The largest absolute Gasteiger partial charge is 0.398 e. The Balaban J connectivity index is 1.78. The minimum absolute atomic E-state index is 0.753. The molecule has 0 saturated heterocycles. The highest BCUT2D eigenvalue weighted by Crippen LogP contribution is 2.27. The van der Waals surface area contributed by atoms with Gasteiger partial charge in [-0.3, -0.25) is 4.98 Å². The van der Waals surface area contributed by atoms with Gasteiger partial charge in [-0.05, 0) is 18.2 Å². The fourth-order valence-corrected chi connectivity index (χ4v) is 2.31. The number of imidazole rings is 1. The van der Waals surface area contributed by atoms with Gasteiger partial charge in [-0.1, -0.05) is 0 Å². The molecule has 0 atom stereocenters. The maximum atomic E-state index is 5.97. The lowest BCUT2D eigenvalue weighted by Crippen LogP contribution is -2.09. The average Bonchev–Trinajstić information content (AvgIpc) is 2.87. The van der Waals surface area contributed by atoms with Crippen LogP contribution in [0.15, 0.2) is 43.0 Å². The summed E-state index contributed by atoms with van der Waals surface area (Å²) in [5.74, 6) is 1.07. The summed E-state index contributed by atoms with van der Waals surface area (Å²) in [6.07, 6.45) is 8.24. The molecule has 0 radical (unpaired) electrons. The van der Waals surface area contributed by atoms with Crippen LogP contribution in [0.3, 0.4) is 0 Å². The highest BCUT2D eigenvalue weighted by atomic mass is 15.0. The Labute approximate surface area is 117 Å². The van der Waals surface area contributed by atoms with Crippen molar-refractivity contribution in [2.75, 3.05) is 17.6 Å². The lowest BCUT2D eigenvalue weighted by atomic mass is 10.1. The van der Waals surface area contributed by atoms with Gasteiger partial charge < -0.3 is 15.6 Å². The van der Waals surface area contributed by atoms with Crippen LogP contribution in [0.4, 0.5) is 11.4 Å². The molecule has 0 bridgehead atoms. The monoisotopic (exact) mass is 267 g/mol. The third-order valence-corrected chi connectivity index (χ3v) is 3.44. The van der Waals surface area contributed by atoms with Crippen LogP contribution in [-0.4, -0.2) is 21.1 Å². The van der Waals surface area contributed by atoms with Crippen molar-refractivity contribution in [2.45, 2.75) is 6.42 Å². The summed E-state index contributed by atoms with van der Waals surface area (Å²) in [6, 6.07) is 5.90. The van der Waals surface area contributed by atoms with E-state index in [2.05, 4.69) is 15.3 Å². The molecule has 5 heteroatoms. The molecule has 0 fully saturated rings. The molecule has 102 valence electrons. The fraction of sp³-hybridized carbons (Fsp3) is 0.200. The Bertz CT molecular complexity index is 732. The second kappa shape index (κ2) is 5.21. The van der Waals surface area contributed by atoms with Crippen molar-refractivity contribution in [1.29, 1.82) is 0 Å². The van der Waals surface area contributed by atoms with Crippen LogP contribution in [-0.2, 0) is 13.5 Å². The second-order valence-electron chi connectivity index (χ2n) is 4.75. The molecule has 2 heterocycles. The highest BCUT2D eigenvalue weighted by Gasteiger charge is 2.04. The lowest BCUT2D eigenvalue weighted by Gasteiger charge is -2.11. The Morgan fingerprint density at radius 3 is 2.90 bits per heavy atom. The third kappa shape index (κ3) is 2.30. The summed E-state index contributed by atoms with van der Waals surface area (Å²) in [6.45, 7) is 0.826. The molecule has 5 nitrogen and oxygen atoms in total. The van der Waals surface area contributed by atoms with E-state index >= 15 is 0 Å². The van der Waals surface area contributed by atoms with E-state index in [1.165, 1.54) is 0 Å². The fourth-order valence-electron chi connectivity index (χ4n) is 2.31. The van der Waals surface area contributed by atoms with Gasteiger partial charge in [-0.15, -0.1) is 0 Å². The number of nitrogens with two attached hydrogens (primary N) is 1. The summed E-state index contributed by atoms with van der Waals surface area (Å²) in [7, 11) is 2.01. The smallest absolute Gasteiger partial charge is 0.110 e. The molecular weight excluding hydrogens is 250 g/mol. The minimum atomic E-state index is 0.753. The Morgan fingerprint density at radius 2 is 2.10 bits per heavy atom. The number of pyridine rings is 1. The van der Waals surface area contributed by atoms with E-state index < -0.39 is 0 Å². The van der Waals surface area contributed by atoms with Gasteiger partial charge in [0.25, 0.3) is 0 Å². The van der Waals surface area contributed by atoms with Crippen molar-refractivity contribution in [3.8, 4) is 0 Å². The highest BCUT2D eigenvalue weighted by molar-refractivity contribution is 6.00. The van der Waals surface area contributed by atoms with E-state index in [1.54, 1.807) is 12.4 Å². The summed E-state index contributed by atoms with van der Waals surface area (Å²) in [5.41, 5.74) is 7.80. The van der Waals surface area contributed by atoms with Gasteiger partial charge in [0.1, 0.15) is 5.82 Å². The van der Waals surface area contributed by atoms with Gasteiger partial charge in [0, 0.05) is 66.9 Å². The standard InChI is InChI=1S/C15H17N5/c1-20-9-8-19-15(20)5-7-18-14-3-2-13(16)12-10-17-6-4-11(12)14/h2-4,6,8-10,18H,5,7,16H2,1H3. The zero-order chi connectivity index (χ0) is 13.9. The first kappa shape index (κ1) is 12.5. The van der Waals surface area contributed by atoms with Crippen molar-refractivity contribution >= 4 is 22.1 Å². The van der Waals surface area contributed by atoms with Crippen molar-refractivity contribution in [3.63, 3.8) is 0 Å². The predicted octanol–water partition coefficient (Wildman–Crippen LogP) is 2.21. The zero-order valence-electron chi connectivity index (χ0n) is 11.4. The molecule has 0 unspecified atom stereocenters. The summed E-state index contributed by atoms with van der Waals surface area (Å²) < 4.78 is 2.03. The molecule has 2 aromatic heterocycles. The number of hydrogen-bond donors (Lipinski definition) is 2. The van der Waals surface area contributed by atoms with Gasteiger partial charge in [0.05, 0.1) is 0 Å². The number of nitrogens with one attached hydrogen (secondary N) is 1. The van der Waals surface area contributed by atoms with E-state index in [4.69, 9.17) is 5.73 Å². The molecule has 0 amide bonds. The molecule has 0 aliphatic rings. The van der Waals surface area contributed by atoms with Crippen molar-refractivity contribution in [2.24, 2.45) is 7.05 Å². The number of rotatable bonds is 4. The molecule has 0 aliphatic heterocycles. The average molecular weight is 267 g/mol. The second-order valence-corrected chi connectivity index (χ2v) is 4.75. The van der Waals surface area contributed by atoms with Crippen LogP contribution in [0.2, 0.25) is 0 Å². The van der Waals surface area contributed by atoms with Crippen LogP contribution in [0, 0.1) is 0 Å². The number of hydrogen-bond acceptors (Lipinski definition) is 4. The SMILES string of the molecule is Cn1ccnc1CCNc1ccc(N)c2cnccc12. The van der Waals surface area contributed by atoms with Crippen LogP contribution in [0.1, 0.15) is 5.82 Å². The molecule has 0 spiro atoms. The number of fused-ring (bicyclic) bond motifs is 1. The Hall–Kier alpha value is -2.56. The number of nitrogens with zero attached hydrogens (tertiary/aromatic N) is 3. The number of nitrogen functional groups attached to an aromatic ring is 1. The van der Waals surface area contributed by atoms with Gasteiger partial charge in [-0.2, -0.15) is 0 Å². The quantitative estimate of drug-likeness (QED) is 0.711. The summed E-state index contributed by atoms with van der Waals surface area (Å²) in [5, 5.41) is 5.52. The van der Waals surface area contributed by atoms with Crippen LogP contribution >= 0.6 is 0 Å². The molecule has 3 aromatic rings. The maximum absolute atomic E-state index is 5.97. The molecule has 1 aromatic carbocycles. The summed E-state index contributed by atoms with van der Waals surface area (Å²) >= 11 is 0. The minimum Gasteiger partial charge on any atom is -0.398 e. The third-order valence-electron chi connectivity index (χ3n) is 3.44. The number of aromatic nitrogens is 3. The first-order valence-corrected chi connectivity index (χ1v) is 6.58. The van der Waals surface area contributed by atoms with Crippen LogP contribution in [0.5, 0.6) is 0 Å². The van der Waals surface area contributed by atoms with Crippen molar-refractivity contribution < 1.29 is 0 Å². The molecular formula is C15H17N5. The van der Waals surface area contributed by atoms with Crippen LogP contribution < -0.4 is 11.1 Å². The summed E-state index contributed by atoms with van der Waals surface area (Å²) in [4.78, 5) is 8.44. The zero-order valence-corrected chi connectivity index (χ0v) is 11.4. The normalized spacial score (nSPS) is 10.8. The first-order chi connectivity index (χ1) is 9.75. The van der Waals surface area contributed by atoms with Crippen molar-refractivity contribution in [1.82, 2.24) is 14.5 Å². The topological polar surface area (TPSA) is 68.8 Å². The van der Waals surface area contributed by atoms with Crippen molar-refractivity contribution in [3.05, 3.63) is 48.8 Å². The first-order valence-electron chi connectivity index (χ1n) is 6.58. The number of aryl methyl sites for hydroxylation is 1. The van der Waals surface area contributed by atoms with Gasteiger partial charge in [0.15, 0.2) is 0 Å². The van der Waals surface area contributed by atoms with Gasteiger partial charge in [0.2, 0.25) is 0 Å². The maximum Gasteiger partial charge on any atom is 0.110 e. The Kier molecular flexibility index (Phi) is 3.25. The van der Waals surface area contributed by atoms with E-state index in [9.17, 15) is 0 Å².